The van der Waals surface area contributed by atoms with Gasteiger partial charge < -0.3 is 19.3 Å². The first-order chi connectivity index (χ1) is 15.0. The van der Waals surface area contributed by atoms with Gasteiger partial charge in [0.25, 0.3) is 0 Å². The molecule has 1 saturated carbocycles. The summed E-state index contributed by atoms with van der Waals surface area (Å²) in [5.74, 6) is 0.701. The standard InChI is InChI=1S/C24H30N2O4S/c1-16-4-7-21(17(2)12-16)30-14-20-19-9-11-31-22(19)8-10-25(20)23(27)13-26(18-5-6-18)24(28)15-29-3/h4,7,9,11-12,18,20H,5-6,8,10,13-15H2,1-3H3/t20-/m0/s1. The summed E-state index contributed by atoms with van der Waals surface area (Å²) in [6.07, 6.45) is 2.75. The normalized spacial score (nSPS) is 17.9. The van der Waals surface area contributed by atoms with E-state index < -0.39 is 0 Å². The Kier molecular flexibility index (Phi) is 6.62. The molecule has 0 unspecified atom stereocenters. The highest BCUT2D eigenvalue weighted by molar-refractivity contribution is 7.10. The second-order valence-electron chi connectivity index (χ2n) is 8.42. The Labute approximate surface area is 187 Å². The van der Waals surface area contributed by atoms with Gasteiger partial charge >= 0.3 is 0 Å². The lowest BCUT2D eigenvalue weighted by atomic mass is 10.00. The zero-order chi connectivity index (χ0) is 22.0. The van der Waals surface area contributed by atoms with Gasteiger partial charge in [0.15, 0.2) is 0 Å². The van der Waals surface area contributed by atoms with Gasteiger partial charge in [0.05, 0.1) is 6.04 Å². The SMILES string of the molecule is COCC(=O)N(CC(=O)N1CCc2sccc2[C@@H]1COc1ccc(C)cc1C)C1CC1. The highest BCUT2D eigenvalue weighted by atomic mass is 32.1. The number of methoxy groups -OCH3 is 1. The molecule has 6 nitrogen and oxygen atoms in total. The minimum Gasteiger partial charge on any atom is -0.491 e. The number of carbonyl (C=O) groups excluding carboxylic acids is 2. The van der Waals surface area contributed by atoms with Crippen molar-refractivity contribution in [1.82, 2.24) is 9.80 Å². The summed E-state index contributed by atoms with van der Waals surface area (Å²) in [6.45, 7) is 5.26. The van der Waals surface area contributed by atoms with Crippen molar-refractivity contribution in [3.63, 3.8) is 0 Å². The molecule has 1 atom stereocenters. The zero-order valence-electron chi connectivity index (χ0n) is 18.4. The van der Waals surface area contributed by atoms with Crippen molar-refractivity contribution in [2.75, 3.05) is 33.4 Å². The van der Waals surface area contributed by atoms with Crippen LogP contribution in [0.1, 0.15) is 40.5 Å². The van der Waals surface area contributed by atoms with Gasteiger partial charge in [-0.15, -0.1) is 11.3 Å². The second kappa shape index (κ2) is 9.40. The van der Waals surface area contributed by atoms with Crippen LogP contribution in [-0.4, -0.2) is 61.1 Å². The number of rotatable bonds is 8. The summed E-state index contributed by atoms with van der Waals surface area (Å²) in [6, 6.07) is 8.25. The second-order valence-corrected chi connectivity index (χ2v) is 9.42. The number of carbonyl (C=O) groups is 2. The molecule has 1 aromatic carbocycles. The molecule has 0 bridgehead atoms. The predicted octanol–water partition coefficient (Wildman–Crippen LogP) is 3.51. The van der Waals surface area contributed by atoms with Gasteiger partial charge in [-0.2, -0.15) is 0 Å². The van der Waals surface area contributed by atoms with Crippen LogP contribution in [0.3, 0.4) is 0 Å². The number of nitrogens with zero attached hydrogens (tertiary/aromatic N) is 2. The number of amides is 2. The van der Waals surface area contributed by atoms with Crippen LogP contribution in [-0.2, 0) is 20.7 Å². The van der Waals surface area contributed by atoms with Crippen molar-refractivity contribution in [2.24, 2.45) is 0 Å². The van der Waals surface area contributed by atoms with E-state index in [1.165, 1.54) is 17.6 Å². The fraction of sp³-hybridized carbons (Fsp3) is 0.500. The molecule has 1 fully saturated rings. The Morgan fingerprint density at radius 1 is 1.23 bits per heavy atom. The third-order valence-electron chi connectivity index (χ3n) is 6.02. The van der Waals surface area contributed by atoms with E-state index in [2.05, 4.69) is 24.4 Å². The van der Waals surface area contributed by atoms with Crippen LogP contribution < -0.4 is 4.74 Å². The maximum absolute atomic E-state index is 13.4. The monoisotopic (exact) mass is 442 g/mol. The number of fused-ring (bicyclic) bond motifs is 1. The summed E-state index contributed by atoms with van der Waals surface area (Å²) < 4.78 is 11.2. The minimum absolute atomic E-state index is 0.0116. The molecule has 31 heavy (non-hydrogen) atoms. The van der Waals surface area contributed by atoms with E-state index in [4.69, 9.17) is 9.47 Å². The average molecular weight is 443 g/mol. The van der Waals surface area contributed by atoms with Gasteiger partial charge in [-0.05, 0) is 61.7 Å². The molecule has 2 heterocycles. The summed E-state index contributed by atoms with van der Waals surface area (Å²) in [4.78, 5) is 30.7. The van der Waals surface area contributed by atoms with Gasteiger partial charge in [-0.3, -0.25) is 9.59 Å². The molecular weight excluding hydrogens is 412 g/mol. The van der Waals surface area contributed by atoms with Crippen LogP contribution in [0.15, 0.2) is 29.6 Å². The fourth-order valence-corrected chi connectivity index (χ4v) is 5.18. The molecule has 2 aliphatic rings. The van der Waals surface area contributed by atoms with Gasteiger partial charge in [0, 0.05) is 24.6 Å². The van der Waals surface area contributed by atoms with Crippen molar-refractivity contribution in [2.45, 2.75) is 45.2 Å². The van der Waals surface area contributed by atoms with Crippen LogP contribution in [0.4, 0.5) is 0 Å². The van der Waals surface area contributed by atoms with Gasteiger partial charge in [0.2, 0.25) is 11.8 Å². The molecule has 1 aliphatic heterocycles. The van der Waals surface area contributed by atoms with E-state index in [0.717, 1.165) is 36.1 Å². The summed E-state index contributed by atoms with van der Waals surface area (Å²) >= 11 is 1.74. The highest BCUT2D eigenvalue weighted by Crippen LogP contribution is 2.35. The van der Waals surface area contributed by atoms with E-state index in [9.17, 15) is 9.59 Å². The zero-order valence-corrected chi connectivity index (χ0v) is 19.2. The van der Waals surface area contributed by atoms with Crippen LogP contribution in [0.2, 0.25) is 0 Å². The largest absolute Gasteiger partial charge is 0.491 e. The Hall–Kier alpha value is -2.38. The first-order valence-electron chi connectivity index (χ1n) is 10.8. The highest BCUT2D eigenvalue weighted by Gasteiger charge is 2.37. The van der Waals surface area contributed by atoms with Crippen molar-refractivity contribution in [1.29, 1.82) is 0 Å². The Bertz CT molecular complexity index is 953. The van der Waals surface area contributed by atoms with E-state index >= 15 is 0 Å². The molecule has 7 heteroatoms. The minimum atomic E-state index is -0.151. The first kappa shape index (κ1) is 21.8. The molecule has 0 radical (unpaired) electrons. The van der Waals surface area contributed by atoms with E-state index in [0.29, 0.717) is 13.2 Å². The molecule has 0 spiro atoms. The lowest BCUT2D eigenvalue weighted by molar-refractivity contribution is -0.145. The topological polar surface area (TPSA) is 59.1 Å². The molecule has 0 N–H and O–H groups in total. The number of benzene rings is 1. The molecule has 2 aromatic rings. The van der Waals surface area contributed by atoms with E-state index in [1.807, 2.05) is 24.0 Å². The predicted molar refractivity (Wildman–Crippen MR) is 120 cm³/mol. The summed E-state index contributed by atoms with van der Waals surface area (Å²) in [7, 11) is 1.51. The van der Waals surface area contributed by atoms with Crippen molar-refractivity contribution < 1.29 is 19.1 Å². The van der Waals surface area contributed by atoms with Gasteiger partial charge in [-0.25, -0.2) is 0 Å². The molecule has 4 rings (SSSR count). The first-order valence-corrected chi connectivity index (χ1v) is 11.7. The summed E-state index contributed by atoms with van der Waals surface area (Å²) in [5, 5.41) is 2.08. The van der Waals surface area contributed by atoms with E-state index in [1.54, 1.807) is 16.2 Å². The molecule has 0 saturated heterocycles. The van der Waals surface area contributed by atoms with Gasteiger partial charge in [-0.1, -0.05) is 17.7 Å². The van der Waals surface area contributed by atoms with Crippen LogP contribution >= 0.6 is 11.3 Å². The molecular formula is C24H30N2O4S. The van der Waals surface area contributed by atoms with Crippen LogP contribution in [0.25, 0.3) is 0 Å². The molecule has 1 aliphatic carbocycles. The average Bonchev–Trinajstić information content (AvgIpc) is 3.47. The Morgan fingerprint density at radius 2 is 2.03 bits per heavy atom. The van der Waals surface area contributed by atoms with E-state index in [-0.39, 0.29) is 37.0 Å². The summed E-state index contributed by atoms with van der Waals surface area (Å²) in [5.41, 5.74) is 3.44. The van der Waals surface area contributed by atoms with Crippen LogP contribution in [0, 0.1) is 13.8 Å². The third-order valence-corrected chi connectivity index (χ3v) is 7.02. The third kappa shape index (κ3) is 4.93. The van der Waals surface area contributed by atoms with Crippen molar-refractivity contribution in [3.05, 3.63) is 51.2 Å². The quantitative estimate of drug-likeness (QED) is 0.628. The smallest absolute Gasteiger partial charge is 0.249 e. The van der Waals surface area contributed by atoms with Crippen LogP contribution in [0.5, 0.6) is 5.75 Å². The molecule has 166 valence electrons. The Morgan fingerprint density at radius 3 is 2.74 bits per heavy atom. The lowest BCUT2D eigenvalue weighted by Crippen LogP contribution is -2.49. The molecule has 2 amide bonds. The fourth-order valence-electron chi connectivity index (χ4n) is 4.25. The maximum atomic E-state index is 13.4. The number of ether oxygens (including phenoxy) is 2. The van der Waals surface area contributed by atoms with Crippen molar-refractivity contribution in [3.8, 4) is 5.75 Å². The number of hydrogen-bond donors (Lipinski definition) is 0. The number of thiophene rings is 1. The number of hydrogen-bond acceptors (Lipinski definition) is 5. The Balaban J connectivity index is 1.51. The molecule has 1 aromatic heterocycles. The maximum Gasteiger partial charge on any atom is 0.249 e. The van der Waals surface area contributed by atoms with Crippen molar-refractivity contribution >= 4 is 23.2 Å². The number of aryl methyl sites for hydroxylation is 2. The lowest BCUT2D eigenvalue weighted by Gasteiger charge is -2.37. The van der Waals surface area contributed by atoms with Gasteiger partial charge in [0.1, 0.15) is 25.5 Å².